The third-order valence-corrected chi connectivity index (χ3v) is 8.13. The van der Waals surface area contributed by atoms with E-state index < -0.39 is 0 Å². The Bertz CT molecular complexity index is 493. The summed E-state index contributed by atoms with van der Waals surface area (Å²) in [5, 5.41) is 0. The van der Waals surface area contributed by atoms with Crippen molar-refractivity contribution in [2.24, 2.45) is 17.8 Å². The Hall–Kier alpha value is -0.980. The van der Waals surface area contributed by atoms with Gasteiger partial charge in [0.05, 0.1) is 13.4 Å². The third-order valence-electron chi connectivity index (χ3n) is 8.13. The molecule has 0 spiro atoms. The van der Waals surface area contributed by atoms with Crippen LogP contribution in [0.3, 0.4) is 0 Å². The van der Waals surface area contributed by atoms with Crippen LogP contribution in [0.1, 0.15) is 135 Å². The summed E-state index contributed by atoms with van der Waals surface area (Å²) in [5.74, 6) is 2.77. The van der Waals surface area contributed by atoms with Gasteiger partial charge in [-0.2, -0.15) is 0 Å². The maximum Gasteiger partial charge on any atom is 0.0787 e. The van der Waals surface area contributed by atoms with Crippen LogP contribution in [0.15, 0.2) is 36.6 Å². The fourth-order valence-electron chi connectivity index (χ4n) is 6.10. The highest BCUT2D eigenvalue weighted by Gasteiger charge is 2.17. The van der Waals surface area contributed by atoms with Gasteiger partial charge in [-0.15, -0.1) is 6.58 Å². The molecule has 0 heterocycles. The summed E-state index contributed by atoms with van der Waals surface area (Å²) in [5.41, 5.74) is 1.71. The van der Waals surface area contributed by atoms with Crippen LogP contribution in [0.5, 0.6) is 0 Å². The molecule has 0 aliphatic heterocycles. The molecular formula is C31H54O. The first-order valence-electron chi connectivity index (χ1n) is 14.3. The second-order valence-electron chi connectivity index (χ2n) is 10.8. The summed E-state index contributed by atoms with van der Waals surface area (Å²) in [6, 6.07) is 0. The number of rotatable bonds is 8. The quantitative estimate of drug-likeness (QED) is 0.206. The minimum Gasteiger partial charge on any atom is -0.505 e. The number of allylic oxidation sites excluding steroid dienone is 4. The summed E-state index contributed by atoms with van der Waals surface area (Å²) in [7, 11) is 1.75. The Labute approximate surface area is 201 Å². The Kier molecular flexibility index (Phi) is 15.7. The lowest BCUT2D eigenvalue weighted by atomic mass is 9.86. The number of ether oxygens (including phenoxy) is 1. The van der Waals surface area contributed by atoms with Gasteiger partial charge in [0.25, 0.3) is 0 Å². The van der Waals surface area contributed by atoms with Crippen molar-refractivity contribution in [3.63, 3.8) is 0 Å². The van der Waals surface area contributed by atoms with Gasteiger partial charge in [-0.05, 0) is 55.9 Å². The van der Waals surface area contributed by atoms with E-state index in [1.807, 2.05) is 6.26 Å². The summed E-state index contributed by atoms with van der Waals surface area (Å²) in [6.45, 7) is 3.79. The van der Waals surface area contributed by atoms with E-state index in [0.717, 1.165) is 24.2 Å². The molecule has 0 aromatic rings. The SMILES string of the molecule is C=CCC1CCCCCC1.CO/C=C/C/C(=C\CC1CCCCCC1)C1CCCCCC1. The molecule has 3 fully saturated rings. The highest BCUT2D eigenvalue weighted by Crippen LogP contribution is 2.33. The standard InChI is InChI=1S/C21H36O.C10H18/c1-22-18-10-15-21(20-13-8-4-5-9-14-20)17-16-19-11-6-2-3-7-12-19;1-2-7-10-8-5-3-4-6-9-10/h10,17-20H,2-9,11-16H2,1H3;2,10H,1,3-9H2/b18-10+,21-17+;. The van der Waals surface area contributed by atoms with Gasteiger partial charge in [0.15, 0.2) is 0 Å². The minimum absolute atomic E-state index is 0.842. The predicted octanol–water partition coefficient (Wildman–Crippen LogP) is 10.3. The average molecular weight is 443 g/mol. The molecule has 0 aromatic carbocycles. The number of hydrogen-bond acceptors (Lipinski definition) is 1. The Morgan fingerprint density at radius 1 is 0.688 bits per heavy atom. The predicted molar refractivity (Wildman–Crippen MR) is 142 cm³/mol. The van der Waals surface area contributed by atoms with E-state index in [-0.39, 0.29) is 0 Å². The molecule has 3 aliphatic carbocycles. The maximum atomic E-state index is 5.11. The van der Waals surface area contributed by atoms with Crippen LogP contribution in [0, 0.1) is 17.8 Å². The zero-order chi connectivity index (χ0) is 22.7. The Morgan fingerprint density at radius 2 is 1.16 bits per heavy atom. The highest BCUT2D eigenvalue weighted by molar-refractivity contribution is 5.12. The fraction of sp³-hybridized carbons (Fsp3) is 0.806. The van der Waals surface area contributed by atoms with Crippen LogP contribution in [-0.4, -0.2) is 7.11 Å². The van der Waals surface area contributed by atoms with E-state index in [0.29, 0.717) is 0 Å². The normalized spacial score (nSPS) is 23.0. The van der Waals surface area contributed by atoms with Crippen molar-refractivity contribution in [3.8, 4) is 0 Å². The van der Waals surface area contributed by atoms with Gasteiger partial charge in [-0.1, -0.05) is 120 Å². The molecule has 0 saturated heterocycles. The van der Waals surface area contributed by atoms with Crippen molar-refractivity contribution in [2.45, 2.75) is 135 Å². The molecule has 0 unspecified atom stereocenters. The molecule has 3 aliphatic rings. The van der Waals surface area contributed by atoms with Crippen molar-refractivity contribution in [3.05, 3.63) is 36.6 Å². The first kappa shape index (κ1) is 27.3. The van der Waals surface area contributed by atoms with Gasteiger partial charge >= 0.3 is 0 Å². The summed E-state index contributed by atoms with van der Waals surface area (Å²) in [4.78, 5) is 0. The zero-order valence-corrected chi connectivity index (χ0v) is 21.5. The third kappa shape index (κ3) is 12.3. The smallest absolute Gasteiger partial charge is 0.0787 e. The lowest BCUT2D eigenvalue weighted by Gasteiger charge is -2.19. The molecule has 0 aromatic heterocycles. The van der Waals surface area contributed by atoms with Crippen LogP contribution < -0.4 is 0 Å². The molecule has 32 heavy (non-hydrogen) atoms. The number of methoxy groups -OCH3 is 1. The van der Waals surface area contributed by atoms with E-state index in [9.17, 15) is 0 Å². The van der Waals surface area contributed by atoms with Crippen molar-refractivity contribution in [2.75, 3.05) is 7.11 Å². The molecule has 0 atom stereocenters. The fourth-order valence-corrected chi connectivity index (χ4v) is 6.10. The zero-order valence-electron chi connectivity index (χ0n) is 21.5. The van der Waals surface area contributed by atoms with E-state index >= 15 is 0 Å². The van der Waals surface area contributed by atoms with Crippen LogP contribution in [0.2, 0.25) is 0 Å². The lowest BCUT2D eigenvalue weighted by molar-refractivity contribution is 0.336. The first-order valence-corrected chi connectivity index (χ1v) is 14.3. The molecule has 0 bridgehead atoms. The topological polar surface area (TPSA) is 9.23 Å². The molecule has 3 rings (SSSR count). The van der Waals surface area contributed by atoms with Crippen molar-refractivity contribution >= 4 is 0 Å². The van der Waals surface area contributed by atoms with Gasteiger partial charge in [-0.25, -0.2) is 0 Å². The molecule has 0 N–H and O–H groups in total. The van der Waals surface area contributed by atoms with Crippen LogP contribution >= 0.6 is 0 Å². The first-order chi connectivity index (χ1) is 15.8. The largest absolute Gasteiger partial charge is 0.505 e. The van der Waals surface area contributed by atoms with Gasteiger partial charge < -0.3 is 4.74 Å². The molecule has 1 heteroatoms. The monoisotopic (exact) mass is 442 g/mol. The van der Waals surface area contributed by atoms with E-state index in [4.69, 9.17) is 4.74 Å². The van der Waals surface area contributed by atoms with Crippen LogP contribution in [0.4, 0.5) is 0 Å². The van der Waals surface area contributed by atoms with Crippen LogP contribution in [0.25, 0.3) is 0 Å². The Morgan fingerprint density at radius 3 is 1.62 bits per heavy atom. The summed E-state index contributed by atoms with van der Waals surface area (Å²) in [6.07, 6.45) is 38.6. The van der Waals surface area contributed by atoms with Crippen molar-refractivity contribution < 1.29 is 4.74 Å². The number of hydrogen-bond donors (Lipinski definition) is 0. The molecule has 184 valence electrons. The molecule has 0 radical (unpaired) electrons. The van der Waals surface area contributed by atoms with Gasteiger partial charge in [-0.3, -0.25) is 0 Å². The average Bonchev–Trinajstić information content (AvgIpc) is 3.33. The molecular weight excluding hydrogens is 388 g/mol. The maximum absolute atomic E-state index is 5.11. The van der Waals surface area contributed by atoms with E-state index in [1.165, 1.54) is 128 Å². The van der Waals surface area contributed by atoms with Crippen molar-refractivity contribution in [1.82, 2.24) is 0 Å². The highest BCUT2D eigenvalue weighted by atomic mass is 16.5. The molecule has 3 saturated carbocycles. The lowest BCUT2D eigenvalue weighted by Crippen LogP contribution is -2.05. The van der Waals surface area contributed by atoms with E-state index in [1.54, 1.807) is 12.7 Å². The second kappa shape index (κ2) is 18.4. The van der Waals surface area contributed by atoms with Crippen LogP contribution in [-0.2, 0) is 4.74 Å². The Balaban J connectivity index is 0.000000303. The summed E-state index contributed by atoms with van der Waals surface area (Å²) >= 11 is 0. The second-order valence-corrected chi connectivity index (χ2v) is 10.8. The van der Waals surface area contributed by atoms with Gasteiger partial charge in [0, 0.05) is 0 Å². The van der Waals surface area contributed by atoms with E-state index in [2.05, 4.69) is 24.8 Å². The minimum atomic E-state index is 0.842. The molecule has 1 nitrogen and oxygen atoms in total. The summed E-state index contributed by atoms with van der Waals surface area (Å²) < 4.78 is 5.11. The van der Waals surface area contributed by atoms with Gasteiger partial charge in [0.2, 0.25) is 0 Å². The van der Waals surface area contributed by atoms with Crippen molar-refractivity contribution in [1.29, 1.82) is 0 Å². The van der Waals surface area contributed by atoms with Gasteiger partial charge in [0.1, 0.15) is 0 Å². The molecule has 0 amide bonds.